The van der Waals surface area contributed by atoms with E-state index in [4.69, 9.17) is 10.00 Å². The number of amides is 3. The van der Waals surface area contributed by atoms with Gasteiger partial charge in [-0.15, -0.1) is 0 Å². The van der Waals surface area contributed by atoms with E-state index in [0.717, 1.165) is 25.7 Å². The third kappa shape index (κ3) is 5.14. The van der Waals surface area contributed by atoms with Crippen LogP contribution < -0.4 is 15.6 Å². The molecule has 0 aromatic heterocycles. The van der Waals surface area contributed by atoms with Crippen LogP contribution in [0.5, 0.6) is 5.75 Å². The fourth-order valence-electron chi connectivity index (χ4n) is 4.74. The number of benzene rings is 2. The molecule has 1 saturated carbocycles. The lowest BCUT2D eigenvalue weighted by Gasteiger charge is -2.33. The fraction of sp³-hybridized carbons (Fsp3) is 0.360. The first kappa shape index (κ1) is 22.3. The maximum Gasteiger partial charge on any atom is 0.276 e. The van der Waals surface area contributed by atoms with Crippen LogP contribution in [0.2, 0.25) is 0 Å². The number of nitrogens with zero attached hydrogens (tertiary/aromatic N) is 2. The van der Waals surface area contributed by atoms with Crippen molar-refractivity contribution in [2.75, 3.05) is 6.61 Å². The summed E-state index contributed by atoms with van der Waals surface area (Å²) in [5.74, 6) is -0.349. The Hall–Kier alpha value is -3.86. The van der Waals surface area contributed by atoms with Gasteiger partial charge in [0.1, 0.15) is 11.8 Å². The number of nitriles is 1. The molecule has 1 aliphatic carbocycles. The van der Waals surface area contributed by atoms with Crippen molar-refractivity contribution in [3.05, 3.63) is 65.7 Å². The van der Waals surface area contributed by atoms with Crippen LogP contribution in [-0.4, -0.2) is 41.3 Å². The van der Waals surface area contributed by atoms with Gasteiger partial charge in [-0.05, 0) is 61.6 Å². The largest absolute Gasteiger partial charge is 0.484 e. The van der Waals surface area contributed by atoms with Crippen LogP contribution >= 0.6 is 0 Å². The molecule has 2 aliphatic rings. The first-order valence-electron chi connectivity index (χ1n) is 11.2. The molecule has 3 atom stereocenters. The van der Waals surface area contributed by atoms with Crippen molar-refractivity contribution in [2.24, 2.45) is 5.92 Å². The van der Waals surface area contributed by atoms with Gasteiger partial charge in [-0.1, -0.05) is 31.0 Å². The van der Waals surface area contributed by atoms with Gasteiger partial charge in [0.15, 0.2) is 6.61 Å². The molecule has 1 saturated heterocycles. The molecule has 3 unspecified atom stereocenters. The molecular weight excluding hydrogens is 420 g/mol. The Morgan fingerprint density at radius 3 is 2.45 bits per heavy atom. The van der Waals surface area contributed by atoms with Gasteiger partial charge in [-0.3, -0.25) is 25.2 Å². The maximum atomic E-state index is 13.3. The van der Waals surface area contributed by atoms with Crippen LogP contribution in [0.1, 0.15) is 48.0 Å². The van der Waals surface area contributed by atoms with Gasteiger partial charge in [0.2, 0.25) is 0 Å². The third-order valence-corrected chi connectivity index (χ3v) is 6.32. The van der Waals surface area contributed by atoms with Gasteiger partial charge in [-0.2, -0.15) is 5.26 Å². The Morgan fingerprint density at radius 2 is 1.73 bits per heavy atom. The summed E-state index contributed by atoms with van der Waals surface area (Å²) >= 11 is 0. The first-order valence-corrected chi connectivity index (χ1v) is 11.2. The van der Waals surface area contributed by atoms with Crippen molar-refractivity contribution in [2.45, 2.75) is 44.2 Å². The van der Waals surface area contributed by atoms with E-state index in [1.807, 2.05) is 24.3 Å². The van der Waals surface area contributed by atoms with Crippen molar-refractivity contribution >= 4 is 17.7 Å². The lowest BCUT2D eigenvalue weighted by Crippen LogP contribution is -2.54. The second-order valence-corrected chi connectivity index (χ2v) is 8.40. The molecule has 1 heterocycles. The first-order chi connectivity index (χ1) is 16.1. The van der Waals surface area contributed by atoms with E-state index in [0.29, 0.717) is 23.3 Å². The molecule has 2 fully saturated rings. The Balaban J connectivity index is 1.36. The smallest absolute Gasteiger partial charge is 0.276 e. The van der Waals surface area contributed by atoms with Crippen molar-refractivity contribution in [1.82, 2.24) is 15.8 Å². The normalized spacial score (nSPS) is 21.4. The quantitative estimate of drug-likeness (QED) is 0.686. The van der Waals surface area contributed by atoms with Crippen molar-refractivity contribution in [3.8, 4) is 11.8 Å². The van der Waals surface area contributed by atoms with Gasteiger partial charge in [0, 0.05) is 11.6 Å². The molecule has 1 aliphatic heterocycles. The van der Waals surface area contributed by atoms with Crippen molar-refractivity contribution < 1.29 is 19.1 Å². The molecule has 170 valence electrons. The molecule has 0 radical (unpaired) electrons. The highest BCUT2D eigenvalue weighted by Gasteiger charge is 2.47. The van der Waals surface area contributed by atoms with E-state index >= 15 is 0 Å². The van der Waals surface area contributed by atoms with E-state index in [-0.39, 0.29) is 24.5 Å². The topological polar surface area (TPSA) is 112 Å². The summed E-state index contributed by atoms with van der Waals surface area (Å²) < 4.78 is 5.38. The summed E-state index contributed by atoms with van der Waals surface area (Å²) in [5.41, 5.74) is 5.90. The highest BCUT2D eigenvalue weighted by molar-refractivity contribution is 5.98. The molecule has 33 heavy (non-hydrogen) atoms. The van der Waals surface area contributed by atoms with Crippen molar-refractivity contribution in [1.29, 1.82) is 5.26 Å². The van der Waals surface area contributed by atoms with Gasteiger partial charge < -0.3 is 9.64 Å². The van der Waals surface area contributed by atoms with Crippen LogP contribution in [0.15, 0.2) is 54.6 Å². The molecule has 2 N–H and O–H groups in total. The molecule has 8 nitrogen and oxygen atoms in total. The number of likely N-dealkylation sites (tertiary alicyclic amines) is 1. The zero-order valence-electron chi connectivity index (χ0n) is 18.2. The monoisotopic (exact) mass is 446 g/mol. The van der Waals surface area contributed by atoms with E-state index in [1.165, 1.54) is 0 Å². The molecule has 0 bridgehead atoms. The zero-order valence-corrected chi connectivity index (χ0v) is 18.2. The molecular formula is C25H26N4O4. The van der Waals surface area contributed by atoms with Crippen LogP contribution in [0.25, 0.3) is 0 Å². The summed E-state index contributed by atoms with van der Waals surface area (Å²) in [4.78, 5) is 40.2. The third-order valence-electron chi connectivity index (χ3n) is 6.32. The summed E-state index contributed by atoms with van der Waals surface area (Å²) in [6, 6.07) is 16.8. The molecule has 2 aromatic carbocycles. The molecule has 2 aromatic rings. The van der Waals surface area contributed by atoms with Gasteiger partial charge in [-0.25, -0.2) is 0 Å². The van der Waals surface area contributed by atoms with Crippen molar-refractivity contribution in [3.63, 3.8) is 0 Å². The number of carbonyl (C=O) groups is 3. The van der Waals surface area contributed by atoms with E-state index < -0.39 is 17.9 Å². The van der Waals surface area contributed by atoms with Gasteiger partial charge in [0.25, 0.3) is 17.7 Å². The minimum absolute atomic E-state index is 0.0395. The second-order valence-electron chi connectivity index (χ2n) is 8.40. The highest BCUT2D eigenvalue weighted by Crippen LogP contribution is 2.40. The number of carbonyl (C=O) groups excluding carboxylic acids is 3. The standard InChI is InChI=1S/C25H26N4O4/c26-15-17-10-12-20(13-11-17)33-16-23(30)27-28-24(31)22-14-19-8-4-5-9-21(19)29(22)25(32)18-6-2-1-3-7-18/h1-3,6-7,10-13,19,21-22H,4-5,8-9,14,16H2,(H,27,30)(H,28,31). The summed E-state index contributed by atoms with van der Waals surface area (Å²) in [7, 11) is 0. The number of hydrogen-bond donors (Lipinski definition) is 2. The lowest BCUT2D eigenvalue weighted by molar-refractivity contribution is -0.132. The number of hydrazine groups is 1. The predicted molar refractivity (Wildman–Crippen MR) is 120 cm³/mol. The van der Waals surface area contributed by atoms with Crippen LogP contribution in [0.4, 0.5) is 0 Å². The number of rotatable bonds is 5. The zero-order chi connectivity index (χ0) is 23.2. The Bertz CT molecular complexity index is 1050. The Labute approximate surface area is 192 Å². The minimum atomic E-state index is -0.634. The van der Waals surface area contributed by atoms with E-state index in [2.05, 4.69) is 10.9 Å². The number of nitrogens with one attached hydrogen (secondary N) is 2. The predicted octanol–water partition coefficient (Wildman–Crippen LogP) is 2.56. The van der Waals surface area contributed by atoms with Gasteiger partial charge in [0.05, 0.1) is 11.6 Å². The van der Waals surface area contributed by atoms with Crippen LogP contribution in [0.3, 0.4) is 0 Å². The fourth-order valence-corrected chi connectivity index (χ4v) is 4.74. The molecule has 8 heteroatoms. The highest BCUT2D eigenvalue weighted by atomic mass is 16.5. The van der Waals surface area contributed by atoms with Crippen LogP contribution in [0, 0.1) is 17.2 Å². The summed E-state index contributed by atoms with van der Waals surface area (Å²) in [5, 5.41) is 8.82. The SMILES string of the molecule is N#Cc1ccc(OCC(=O)NNC(=O)C2CC3CCCCC3N2C(=O)c2ccccc2)cc1. The van der Waals surface area contributed by atoms with Crippen LogP contribution in [-0.2, 0) is 9.59 Å². The lowest BCUT2D eigenvalue weighted by atomic mass is 9.84. The molecule has 3 amide bonds. The number of hydrogen-bond acceptors (Lipinski definition) is 5. The summed E-state index contributed by atoms with van der Waals surface area (Å²) in [6.45, 7) is -0.297. The Morgan fingerprint density at radius 1 is 1.00 bits per heavy atom. The molecule has 0 spiro atoms. The summed E-state index contributed by atoms with van der Waals surface area (Å²) in [6.07, 6.45) is 4.62. The number of fused-ring (bicyclic) bond motifs is 1. The van der Waals surface area contributed by atoms with E-state index in [1.54, 1.807) is 41.3 Å². The minimum Gasteiger partial charge on any atom is -0.484 e. The Kier molecular flexibility index (Phi) is 6.89. The second kappa shape index (κ2) is 10.2. The van der Waals surface area contributed by atoms with E-state index in [9.17, 15) is 14.4 Å². The average molecular weight is 447 g/mol. The number of ether oxygens (including phenoxy) is 1. The maximum absolute atomic E-state index is 13.3. The molecule has 4 rings (SSSR count). The average Bonchev–Trinajstić information content (AvgIpc) is 3.26. The van der Waals surface area contributed by atoms with Gasteiger partial charge >= 0.3 is 0 Å².